The number of nitrogens with one attached hydrogen (secondary N) is 1. The van der Waals surface area contributed by atoms with Gasteiger partial charge in [0.25, 0.3) is 0 Å². The van der Waals surface area contributed by atoms with E-state index in [4.69, 9.17) is 4.74 Å². The predicted octanol–water partition coefficient (Wildman–Crippen LogP) is 1.22. The molecule has 15 heavy (non-hydrogen) atoms. The van der Waals surface area contributed by atoms with Crippen molar-refractivity contribution in [2.75, 3.05) is 14.2 Å². The summed E-state index contributed by atoms with van der Waals surface area (Å²) in [5.41, 5.74) is 0.0579. The van der Waals surface area contributed by atoms with Gasteiger partial charge in [-0.25, -0.2) is 9.78 Å². The van der Waals surface area contributed by atoms with Gasteiger partial charge in [-0.1, -0.05) is 0 Å². The summed E-state index contributed by atoms with van der Waals surface area (Å²) in [5.74, 6) is 0.316. The Morgan fingerprint density at radius 1 is 1.53 bits per heavy atom. The third-order valence-corrected chi connectivity index (χ3v) is 2.96. The van der Waals surface area contributed by atoms with Crippen LogP contribution in [0.25, 0.3) is 0 Å². The van der Waals surface area contributed by atoms with Gasteiger partial charge in [0.1, 0.15) is 17.1 Å². The summed E-state index contributed by atoms with van der Waals surface area (Å²) in [5, 5.41) is 0. The van der Waals surface area contributed by atoms with Crippen LogP contribution in [0.4, 0.5) is 0 Å². The first-order valence-corrected chi connectivity index (χ1v) is 4.91. The molecule has 1 heterocycles. The standard InChI is InChI=1S/C10H14N2O3/c1-14-8(13)7-6-11-9(12-7)10(15-2)4-3-5-10/h6H,3-5H2,1-2H3,(H,11,12). The Labute approximate surface area is 87.8 Å². The molecule has 0 aromatic carbocycles. The maximum Gasteiger partial charge on any atom is 0.356 e. The number of hydrogen-bond donors (Lipinski definition) is 1. The van der Waals surface area contributed by atoms with Crippen molar-refractivity contribution in [3.63, 3.8) is 0 Å². The largest absolute Gasteiger partial charge is 0.464 e. The Bertz CT molecular complexity index is 363. The summed E-state index contributed by atoms with van der Waals surface area (Å²) < 4.78 is 10.0. The summed E-state index contributed by atoms with van der Waals surface area (Å²) in [6.07, 6.45) is 4.50. The fraction of sp³-hybridized carbons (Fsp3) is 0.600. The van der Waals surface area contributed by atoms with E-state index < -0.39 is 5.97 Å². The molecule has 1 aromatic heterocycles. The smallest absolute Gasteiger partial charge is 0.356 e. The van der Waals surface area contributed by atoms with Gasteiger partial charge in [0.05, 0.1) is 13.3 Å². The minimum absolute atomic E-state index is 0.313. The highest BCUT2D eigenvalue weighted by Gasteiger charge is 2.41. The number of aromatic amines is 1. The SMILES string of the molecule is COC(=O)c1cnc(C2(OC)CCC2)[nH]1. The zero-order valence-corrected chi connectivity index (χ0v) is 8.87. The Balaban J connectivity index is 2.23. The third-order valence-electron chi connectivity index (χ3n) is 2.96. The Morgan fingerprint density at radius 2 is 2.27 bits per heavy atom. The zero-order chi connectivity index (χ0) is 10.9. The molecule has 0 atom stereocenters. The molecule has 82 valence electrons. The molecule has 1 fully saturated rings. The Hall–Kier alpha value is -1.36. The molecule has 0 bridgehead atoms. The topological polar surface area (TPSA) is 64.2 Å². The molecule has 0 unspecified atom stereocenters. The number of rotatable bonds is 3. The van der Waals surface area contributed by atoms with Crippen molar-refractivity contribution in [3.8, 4) is 0 Å². The van der Waals surface area contributed by atoms with Crippen LogP contribution in [0, 0.1) is 0 Å². The highest BCUT2D eigenvalue weighted by atomic mass is 16.5. The third kappa shape index (κ3) is 1.52. The summed E-state index contributed by atoms with van der Waals surface area (Å²) in [6, 6.07) is 0. The van der Waals surface area contributed by atoms with Crippen molar-refractivity contribution in [2.45, 2.75) is 24.9 Å². The molecule has 0 spiro atoms. The highest BCUT2D eigenvalue weighted by Crippen LogP contribution is 2.42. The van der Waals surface area contributed by atoms with Crippen molar-refractivity contribution in [3.05, 3.63) is 17.7 Å². The molecule has 0 aliphatic heterocycles. The van der Waals surface area contributed by atoms with Crippen LogP contribution >= 0.6 is 0 Å². The lowest BCUT2D eigenvalue weighted by Gasteiger charge is -2.38. The molecule has 5 nitrogen and oxygen atoms in total. The fourth-order valence-corrected chi connectivity index (χ4v) is 1.80. The normalized spacial score (nSPS) is 18.3. The van der Waals surface area contributed by atoms with E-state index in [1.807, 2.05) is 0 Å². The lowest BCUT2D eigenvalue weighted by atomic mass is 9.79. The van der Waals surface area contributed by atoms with Gasteiger partial charge < -0.3 is 14.5 Å². The number of esters is 1. The number of carbonyl (C=O) groups excluding carboxylic acids is 1. The number of H-pyrrole nitrogens is 1. The lowest BCUT2D eigenvalue weighted by Crippen LogP contribution is -2.37. The van der Waals surface area contributed by atoms with Crippen molar-refractivity contribution >= 4 is 5.97 Å². The number of ether oxygens (including phenoxy) is 2. The molecule has 1 N–H and O–H groups in total. The second kappa shape index (κ2) is 3.66. The zero-order valence-electron chi connectivity index (χ0n) is 8.87. The molecule has 1 aromatic rings. The van der Waals surface area contributed by atoms with Gasteiger partial charge in [0.2, 0.25) is 0 Å². The maximum atomic E-state index is 11.2. The average Bonchev–Trinajstić information content (AvgIpc) is 2.65. The van der Waals surface area contributed by atoms with E-state index in [1.54, 1.807) is 7.11 Å². The molecule has 0 amide bonds. The summed E-state index contributed by atoms with van der Waals surface area (Å²) in [4.78, 5) is 18.3. The maximum absolute atomic E-state index is 11.2. The van der Waals surface area contributed by atoms with E-state index in [2.05, 4.69) is 14.7 Å². The summed E-state index contributed by atoms with van der Waals surface area (Å²) in [7, 11) is 3.01. The monoisotopic (exact) mass is 210 g/mol. The van der Waals surface area contributed by atoms with Crippen molar-refractivity contribution < 1.29 is 14.3 Å². The molecular weight excluding hydrogens is 196 g/mol. The van der Waals surface area contributed by atoms with Gasteiger partial charge in [-0.3, -0.25) is 0 Å². The van der Waals surface area contributed by atoms with Gasteiger partial charge in [0, 0.05) is 7.11 Å². The first-order chi connectivity index (χ1) is 7.22. The van der Waals surface area contributed by atoms with Crippen molar-refractivity contribution in [1.29, 1.82) is 0 Å². The number of imidazole rings is 1. The quantitative estimate of drug-likeness (QED) is 0.762. The molecule has 0 radical (unpaired) electrons. The molecule has 5 heteroatoms. The van der Waals surface area contributed by atoms with Gasteiger partial charge in [-0.15, -0.1) is 0 Å². The second-order valence-electron chi connectivity index (χ2n) is 3.69. The van der Waals surface area contributed by atoms with E-state index >= 15 is 0 Å². The van der Waals surface area contributed by atoms with Crippen LogP contribution in [0.1, 0.15) is 35.6 Å². The number of methoxy groups -OCH3 is 2. The van der Waals surface area contributed by atoms with Crippen LogP contribution in [-0.2, 0) is 15.1 Å². The molecule has 0 saturated heterocycles. The fourth-order valence-electron chi connectivity index (χ4n) is 1.80. The van der Waals surface area contributed by atoms with E-state index in [-0.39, 0.29) is 5.60 Å². The van der Waals surface area contributed by atoms with Gasteiger partial charge in [-0.2, -0.15) is 0 Å². The van der Waals surface area contributed by atoms with Crippen LogP contribution < -0.4 is 0 Å². The minimum Gasteiger partial charge on any atom is -0.464 e. The lowest BCUT2D eigenvalue weighted by molar-refractivity contribution is -0.0841. The van der Waals surface area contributed by atoms with Gasteiger partial charge in [0.15, 0.2) is 0 Å². The van der Waals surface area contributed by atoms with Crippen LogP contribution in [0.2, 0.25) is 0 Å². The number of nitrogens with zero attached hydrogens (tertiary/aromatic N) is 1. The first-order valence-electron chi connectivity index (χ1n) is 4.91. The average molecular weight is 210 g/mol. The minimum atomic E-state index is -0.403. The highest BCUT2D eigenvalue weighted by molar-refractivity contribution is 5.86. The van der Waals surface area contributed by atoms with Crippen LogP contribution in [0.5, 0.6) is 0 Å². The van der Waals surface area contributed by atoms with E-state index in [0.717, 1.165) is 25.1 Å². The van der Waals surface area contributed by atoms with E-state index in [1.165, 1.54) is 13.3 Å². The number of aromatic nitrogens is 2. The summed E-state index contributed by atoms with van der Waals surface area (Å²) in [6.45, 7) is 0. The predicted molar refractivity (Wildman–Crippen MR) is 52.5 cm³/mol. The number of carbonyl (C=O) groups is 1. The molecule has 1 aliphatic rings. The molecule has 2 rings (SSSR count). The van der Waals surface area contributed by atoms with E-state index in [9.17, 15) is 4.79 Å². The molecular formula is C10H14N2O3. The molecule has 1 aliphatic carbocycles. The van der Waals surface area contributed by atoms with E-state index in [0.29, 0.717) is 5.69 Å². The summed E-state index contributed by atoms with van der Waals surface area (Å²) >= 11 is 0. The van der Waals surface area contributed by atoms with Gasteiger partial charge >= 0.3 is 5.97 Å². The van der Waals surface area contributed by atoms with Crippen LogP contribution in [0.15, 0.2) is 6.20 Å². The van der Waals surface area contributed by atoms with Crippen LogP contribution in [-0.4, -0.2) is 30.2 Å². The van der Waals surface area contributed by atoms with Crippen molar-refractivity contribution in [1.82, 2.24) is 9.97 Å². The van der Waals surface area contributed by atoms with Gasteiger partial charge in [-0.05, 0) is 19.3 Å². The Kier molecular flexibility index (Phi) is 2.48. The first kappa shape index (κ1) is 10.2. The van der Waals surface area contributed by atoms with Crippen LogP contribution in [0.3, 0.4) is 0 Å². The Morgan fingerprint density at radius 3 is 2.73 bits per heavy atom. The number of hydrogen-bond acceptors (Lipinski definition) is 4. The molecule has 1 saturated carbocycles. The van der Waals surface area contributed by atoms with Crippen molar-refractivity contribution in [2.24, 2.45) is 0 Å². The second-order valence-corrected chi connectivity index (χ2v) is 3.69.